The van der Waals surface area contributed by atoms with Gasteiger partial charge in [0, 0.05) is 35.9 Å². The van der Waals surface area contributed by atoms with Gasteiger partial charge in [0.05, 0.1) is 0 Å². The molecule has 2 heterocycles. The summed E-state index contributed by atoms with van der Waals surface area (Å²) in [6.45, 7) is 6.21. The van der Waals surface area contributed by atoms with Crippen LogP contribution in [0.15, 0.2) is 98.1 Å². The van der Waals surface area contributed by atoms with Crippen LogP contribution in [0.1, 0.15) is 11.1 Å². The molecular weight excluding hydrogens is 344 g/mol. The highest BCUT2D eigenvalue weighted by molar-refractivity contribution is 5.78. The number of ether oxygens (including phenoxy) is 1. The van der Waals surface area contributed by atoms with Crippen molar-refractivity contribution in [2.45, 2.75) is 6.92 Å². The topological polar surface area (TPSA) is 35.0 Å². The second-order valence-corrected chi connectivity index (χ2v) is 6.57. The Labute approximate surface area is 165 Å². The first-order valence-corrected chi connectivity index (χ1v) is 9.09. The molecule has 0 aliphatic heterocycles. The number of benzene rings is 2. The zero-order valence-corrected chi connectivity index (χ0v) is 15.7. The average molecular weight is 364 g/mol. The van der Waals surface area contributed by atoms with E-state index in [0.717, 1.165) is 39.1 Å². The molecule has 0 saturated carbocycles. The van der Waals surface area contributed by atoms with Crippen molar-refractivity contribution in [3.8, 4) is 28.0 Å². The van der Waals surface area contributed by atoms with Crippen molar-refractivity contribution in [2.24, 2.45) is 0 Å². The van der Waals surface area contributed by atoms with Crippen LogP contribution in [-0.2, 0) is 0 Å². The van der Waals surface area contributed by atoms with Crippen LogP contribution in [0.2, 0.25) is 0 Å². The molecule has 0 bridgehead atoms. The summed E-state index contributed by atoms with van der Waals surface area (Å²) < 4.78 is 6.09. The highest BCUT2D eigenvalue weighted by Gasteiger charge is 2.10. The van der Waals surface area contributed by atoms with Crippen LogP contribution in [0.25, 0.3) is 28.0 Å². The molecule has 4 rings (SSSR count). The maximum absolute atomic E-state index is 6.09. The van der Waals surface area contributed by atoms with Crippen LogP contribution >= 0.6 is 0 Å². The molecule has 0 amide bonds. The van der Waals surface area contributed by atoms with Gasteiger partial charge in [-0.05, 0) is 71.6 Å². The Morgan fingerprint density at radius 1 is 0.750 bits per heavy atom. The van der Waals surface area contributed by atoms with E-state index in [4.69, 9.17) is 4.74 Å². The van der Waals surface area contributed by atoms with Gasteiger partial charge in [0.2, 0.25) is 0 Å². The zero-order chi connectivity index (χ0) is 19.3. The Morgan fingerprint density at radius 3 is 2.21 bits per heavy atom. The number of aryl methyl sites for hydroxylation is 1. The van der Waals surface area contributed by atoms with Gasteiger partial charge < -0.3 is 4.74 Å². The molecule has 0 aliphatic carbocycles. The van der Waals surface area contributed by atoms with E-state index in [-0.39, 0.29) is 0 Å². The molecule has 4 aromatic rings. The highest BCUT2D eigenvalue weighted by atomic mass is 16.5. The summed E-state index contributed by atoms with van der Waals surface area (Å²) in [5, 5.41) is 0. The predicted octanol–water partition coefficient (Wildman–Crippen LogP) is 6.17. The van der Waals surface area contributed by atoms with E-state index in [1.807, 2.05) is 61.7 Å². The van der Waals surface area contributed by atoms with E-state index < -0.39 is 0 Å². The molecule has 0 fully saturated rings. The lowest BCUT2D eigenvalue weighted by molar-refractivity contribution is 0.512. The van der Waals surface area contributed by atoms with E-state index in [1.54, 1.807) is 18.6 Å². The number of hydrogen-bond donors (Lipinski definition) is 0. The van der Waals surface area contributed by atoms with Gasteiger partial charge in [-0.2, -0.15) is 0 Å². The molecule has 28 heavy (non-hydrogen) atoms. The van der Waals surface area contributed by atoms with E-state index in [1.165, 1.54) is 0 Å². The largest absolute Gasteiger partial charge is 0.457 e. The number of para-hydroxylation sites is 1. The van der Waals surface area contributed by atoms with Gasteiger partial charge in [0.15, 0.2) is 0 Å². The van der Waals surface area contributed by atoms with Crippen molar-refractivity contribution in [1.29, 1.82) is 0 Å². The zero-order valence-electron chi connectivity index (χ0n) is 15.7. The number of hydrogen-bond acceptors (Lipinski definition) is 3. The number of rotatable bonds is 5. The van der Waals surface area contributed by atoms with Gasteiger partial charge in [-0.25, -0.2) is 0 Å². The predicted molar refractivity (Wildman–Crippen MR) is 114 cm³/mol. The monoisotopic (exact) mass is 364 g/mol. The van der Waals surface area contributed by atoms with Gasteiger partial charge in [-0.1, -0.05) is 30.8 Å². The quantitative estimate of drug-likeness (QED) is 0.397. The SMILES string of the molecule is C=C(Oc1ccccc1C)c1cc(-c2ccncc2)cc(-c2cccnc2)c1. The Balaban J connectivity index is 1.78. The summed E-state index contributed by atoms with van der Waals surface area (Å²) in [5.74, 6) is 1.42. The van der Waals surface area contributed by atoms with Crippen LogP contribution in [0.4, 0.5) is 0 Å². The van der Waals surface area contributed by atoms with Crippen molar-refractivity contribution in [3.05, 3.63) is 109 Å². The fourth-order valence-corrected chi connectivity index (χ4v) is 3.06. The average Bonchev–Trinajstić information content (AvgIpc) is 2.76. The number of aromatic nitrogens is 2. The van der Waals surface area contributed by atoms with Gasteiger partial charge in [-0.3, -0.25) is 9.97 Å². The van der Waals surface area contributed by atoms with Crippen LogP contribution in [0.3, 0.4) is 0 Å². The minimum atomic E-state index is 0.607. The second-order valence-electron chi connectivity index (χ2n) is 6.57. The Hall–Kier alpha value is -3.72. The third kappa shape index (κ3) is 3.84. The second kappa shape index (κ2) is 7.89. The van der Waals surface area contributed by atoms with Gasteiger partial charge in [0.25, 0.3) is 0 Å². The van der Waals surface area contributed by atoms with Crippen molar-refractivity contribution >= 4 is 5.76 Å². The Bertz CT molecular complexity index is 1050. The fourth-order valence-electron chi connectivity index (χ4n) is 3.06. The third-order valence-corrected chi connectivity index (χ3v) is 4.59. The van der Waals surface area contributed by atoms with Gasteiger partial charge in [-0.15, -0.1) is 0 Å². The highest BCUT2D eigenvalue weighted by Crippen LogP contribution is 2.31. The summed E-state index contributed by atoms with van der Waals surface area (Å²) in [4.78, 5) is 8.38. The number of nitrogens with zero attached hydrogens (tertiary/aromatic N) is 2. The Kier molecular flexibility index (Phi) is 4.98. The molecule has 0 aliphatic rings. The van der Waals surface area contributed by atoms with E-state index in [2.05, 4.69) is 34.7 Å². The molecule has 0 N–H and O–H groups in total. The van der Waals surface area contributed by atoms with E-state index >= 15 is 0 Å². The van der Waals surface area contributed by atoms with Crippen molar-refractivity contribution in [3.63, 3.8) is 0 Å². The third-order valence-electron chi connectivity index (χ3n) is 4.59. The van der Waals surface area contributed by atoms with Crippen molar-refractivity contribution in [2.75, 3.05) is 0 Å². The summed E-state index contributed by atoms with van der Waals surface area (Å²) >= 11 is 0. The molecule has 3 heteroatoms. The van der Waals surface area contributed by atoms with Crippen LogP contribution in [0, 0.1) is 6.92 Å². The van der Waals surface area contributed by atoms with Crippen molar-refractivity contribution < 1.29 is 4.74 Å². The molecule has 2 aromatic carbocycles. The first-order valence-electron chi connectivity index (χ1n) is 9.09. The normalized spacial score (nSPS) is 10.5. The molecule has 3 nitrogen and oxygen atoms in total. The molecule has 0 unspecified atom stereocenters. The fraction of sp³-hybridized carbons (Fsp3) is 0.0400. The maximum atomic E-state index is 6.09. The molecule has 0 saturated heterocycles. The molecule has 0 spiro atoms. The Morgan fingerprint density at radius 2 is 1.50 bits per heavy atom. The summed E-state index contributed by atoms with van der Waals surface area (Å²) in [6.07, 6.45) is 7.23. The summed E-state index contributed by atoms with van der Waals surface area (Å²) in [6, 6.07) is 22.2. The van der Waals surface area contributed by atoms with Crippen LogP contribution in [-0.4, -0.2) is 9.97 Å². The lowest BCUT2D eigenvalue weighted by Gasteiger charge is -2.14. The lowest BCUT2D eigenvalue weighted by atomic mass is 9.97. The van der Waals surface area contributed by atoms with Crippen molar-refractivity contribution in [1.82, 2.24) is 9.97 Å². The maximum Gasteiger partial charge on any atom is 0.130 e. The lowest BCUT2D eigenvalue weighted by Crippen LogP contribution is -1.96. The standard InChI is InChI=1S/C25H20N2O/c1-18-6-3-4-8-25(18)28-19(2)22-14-23(20-9-12-26-13-10-20)16-24(15-22)21-7-5-11-27-17-21/h3-17H,2H2,1H3. The molecule has 0 radical (unpaired) electrons. The first-order chi connectivity index (χ1) is 13.7. The van der Waals surface area contributed by atoms with Gasteiger partial charge >= 0.3 is 0 Å². The van der Waals surface area contributed by atoms with Gasteiger partial charge in [0.1, 0.15) is 11.5 Å². The smallest absolute Gasteiger partial charge is 0.130 e. The molecule has 2 aromatic heterocycles. The molecule has 136 valence electrons. The van der Waals surface area contributed by atoms with E-state index in [9.17, 15) is 0 Å². The van der Waals surface area contributed by atoms with Crippen LogP contribution < -0.4 is 4.74 Å². The number of pyridine rings is 2. The van der Waals surface area contributed by atoms with Crippen LogP contribution in [0.5, 0.6) is 5.75 Å². The minimum Gasteiger partial charge on any atom is -0.457 e. The first kappa shape index (κ1) is 17.7. The summed E-state index contributed by atoms with van der Waals surface area (Å²) in [7, 11) is 0. The molecule has 0 atom stereocenters. The van der Waals surface area contributed by atoms with E-state index in [0.29, 0.717) is 5.76 Å². The minimum absolute atomic E-state index is 0.607. The molecular formula is C25H20N2O. The summed E-state index contributed by atoms with van der Waals surface area (Å²) in [5.41, 5.74) is 6.27.